The predicted octanol–water partition coefficient (Wildman–Crippen LogP) is 2.31. The molecule has 4 heteroatoms. The number of aliphatic hydroxyl groups excluding tert-OH is 1. The van der Waals surface area contributed by atoms with Crippen molar-refractivity contribution in [3.63, 3.8) is 0 Å². The standard InChI is InChI=1S/C16H32N2O2/c1-3-4-5-6-7-8-9-10-18-12-15(17-14(2)20)11-16(18)13-19/h15-16,19H,3-13H2,1-2H3,(H,17,20). The molecule has 1 heterocycles. The summed E-state index contributed by atoms with van der Waals surface area (Å²) in [4.78, 5) is 13.4. The molecule has 0 bridgehead atoms. The first-order chi connectivity index (χ1) is 9.67. The van der Waals surface area contributed by atoms with E-state index in [1.807, 2.05) is 0 Å². The topological polar surface area (TPSA) is 52.6 Å². The van der Waals surface area contributed by atoms with Gasteiger partial charge in [-0.15, -0.1) is 0 Å². The summed E-state index contributed by atoms with van der Waals surface area (Å²) < 4.78 is 0. The molecule has 20 heavy (non-hydrogen) atoms. The van der Waals surface area contributed by atoms with Gasteiger partial charge in [0.25, 0.3) is 0 Å². The summed E-state index contributed by atoms with van der Waals surface area (Å²) in [5.74, 6) is 0.0319. The average molecular weight is 284 g/mol. The molecule has 1 rings (SSSR count). The Labute approximate surface area is 123 Å². The van der Waals surface area contributed by atoms with Crippen molar-refractivity contribution in [2.75, 3.05) is 19.7 Å². The lowest BCUT2D eigenvalue weighted by atomic mass is 10.1. The highest BCUT2D eigenvalue weighted by atomic mass is 16.3. The van der Waals surface area contributed by atoms with Crippen molar-refractivity contribution >= 4 is 5.91 Å². The Kier molecular flexibility index (Phi) is 8.86. The number of likely N-dealkylation sites (tertiary alicyclic amines) is 1. The molecule has 1 fully saturated rings. The van der Waals surface area contributed by atoms with E-state index < -0.39 is 0 Å². The van der Waals surface area contributed by atoms with Gasteiger partial charge in [0.2, 0.25) is 5.91 Å². The molecule has 2 unspecified atom stereocenters. The average Bonchev–Trinajstić information content (AvgIpc) is 2.79. The number of amides is 1. The van der Waals surface area contributed by atoms with Gasteiger partial charge in [0.1, 0.15) is 0 Å². The molecule has 0 aromatic rings. The van der Waals surface area contributed by atoms with Crippen LogP contribution in [0.3, 0.4) is 0 Å². The zero-order valence-electron chi connectivity index (χ0n) is 13.2. The normalized spacial score (nSPS) is 23.1. The van der Waals surface area contributed by atoms with Crippen molar-refractivity contribution in [3.05, 3.63) is 0 Å². The van der Waals surface area contributed by atoms with Crippen LogP contribution in [-0.2, 0) is 4.79 Å². The number of rotatable bonds is 10. The molecular formula is C16H32N2O2. The maximum Gasteiger partial charge on any atom is 0.217 e. The number of carbonyl (C=O) groups is 1. The minimum absolute atomic E-state index is 0.0319. The van der Waals surface area contributed by atoms with Crippen LogP contribution >= 0.6 is 0 Å². The van der Waals surface area contributed by atoms with E-state index in [-0.39, 0.29) is 24.6 Å². The summed E-state index contributed by atoms with van der Waals surface area (Å²) >= 11 is 0. The summed E-state index contributed by atoms with van der Waals surface area (Å²) in [6, 6.07) is 0.446. The van der Waals surface area contributed by atoms with E-state index >= 15 is 0 Å². The molecule has 0 saturated carbocycles. The first kappa shape index (κ1) is 17.4. The van der Waals surface area contributed by atoms with Gasteiger partial charge in [0, 0.05) is 25.6 Å². The number of nitrogens with zero attached hydrogens (tertiary/aromatic N) is 1. The van der Waals surface area contributed by atoms with Gasteiger partial charge in [0.05, 0.1) is 6.61 Å². The number of unbranched alkanes of at least 4 members (excludes halogenated alkanes) is 6. The maximum absolute atomic E-state index is 11.1. The van der Waals surface area contributed by atoms with Gasteiger partial charge in [-0.05, 0) is 19.4 Å². The molecule has 0 aromatic heterocycles. The van der Waals surface area contributed by atoms with Gasteiger partial charge in [-0.1, -0.05) is 45.4 Å². The van der Waals surface area contributed by atoms with E-state index in [9.17, 15) is 9.90 Å². The smallest absolute Gasteiger partial charge is 0.217 e. The molecule has 1 saturated heterocycles. The Hall–Kier alpha value is -0.610. The summed E-state index contributed by atoms with van der Waals surface area (Å²) in [6.45, 7) is 5.95. The second kappa shape index (κ2) is 10.2. The van der Waals surface area contributed by atoms with E-state index in [0.717, 1.165) is 19.5 Å². The largest absolute Gasteiger partial charge is 0.395 e. The van der Waals surface area contributed by atoms with Gasteiger partial charge in [-0.25, -0.2) is 0 Å². The molecule has 0 spiro atoms. The third-order valence-corrected chi connectivity index (χ3v) is 4.19. The van der Waals surface area contributed by atoms with E-state index in [2.05, 4.69) is 17.1 Å². The van der Waals surface area contributed by atoms with Crippen LogP contribution in [0.25, 0.3) is 0 Å². The zero-order chi connectivity index (χ0) is 14.8. The number of nitrogens with one attached hydrogen (secondary N) is 1. The van der Waals surface area contributed by atoms with Crippen molar-refractivity contribution in [1.29, 1.82) is 0 Å². The van der Waals surface area contributed by atoms with Gasteiger partial charge in [0.15, 0.2) is 0 Å². The van der Waals surface area contributed by atoms with Gasteiger partial charge in [-0.3, -0.25) is 9.69 Å². The highest BCUT2D eigenvalue weighted by molar-refractivity contribution is 5.73. The van der Waals surface area contributed by atoms with Gasteiger partial charge < -0.3 is 10.4 Å². The number of hydrogen-bond acceptors (Lipinski definition) is 3. The number of carbonyl (C=O) groups excluding carboxylic acids is 1. The number of aliphatic hydroxyl groups is 1. The first-order valence-corrected chi connectivity index (χ1v) is 8.29. The minimum Gasteiger partial charge on any atom is -0.395 e. The molecule has 118 valence electrons. The maximum atomic E-state index is 11.1. The summed E-state index contributed by atoms with van der Waals surface area (Å²) in [6.07, 6.45) is 10.1. The molecule has 0 aliphatic carbocycles. The van der Waals surface area contributed by atoms with E-state index in [4.69, 9.17) is 0 Å². The lowest BCUT2D eigenvalue weighted by molar-refractivity contribution is -0.119. The van der Waals surface area contributed by atoms with E-state index in [1.54, 1.807) is 6.92 Å². The Bertz CT molecular complexity index is 271. The number of hydrogen-bond donors (Lipinski definition) is 2. The van der Waals surface area contributed by atoms with Crippen LogP contribution in [0.2, 0.25) is 0 Å². The fraction of sp³-hybridized carbons (Fsp3) is 0.938. The molecule has 1 aliphatic heterocycles. The summed E-state index contributed by atoms with van der Waals surface area (Å²) in [5.41, 5.74) is 0. The molecule has 4 nitrogen and oxygen atoms in total. The third kappa shape index (κ3) is 6.71. The Balaban J connectivity index is 2.13. The third-order valence-electron chi connectivity index (χ3n) is 4.19. The first-order valence-electron chi connectivity index (χ1n) is 8.29. The van der Waals surface area contributed by atoms with Crippen molar-refractivity contribution in [2.45, 2.75) is 77.3 Å². The summed E-state index contributed by atoms with van der Waals surface area (Å²) in [5, 5.41) is 12.4. The van der Waals surface area contributed by atoms with Crippen molar-refractivity contribution in [3.8, 4) is 0 Å². The molecule has 0 radical (unpaired) electrons. The monoisotopic (exact) mass is 284 g/mol. The van der Waals surface area contributed by atoms with Crippen molar-refractivity contribution in [1.82, 2.24) is 10.2 Å². The van der Waals surface area contributed by atoms with Gasteiger partial charge >= 0.3 is 0 Å². The van der Waals surface area contributed by atoms with Crippen molar-refractivity contribution < 1.29 is 9.90 Å². The van der Waals surface area contributed by atoms with Crippen LogP contribution in [0.4, 0.5) is 0 Å². The van der Waals surface area contributed by atoms with Crippen LogP contribution in [0.1, 0.15) is 65.2 Å². The molecule has 1 aliphatic rings. The highest BCUT2D eigenvalue weighted by Gasteiger charge is 2.31. The Morgan fingerprint density at radius 1 is 1.20 bits per heavy atom. The fourth-order valence-corrected chi connectivity index (χ4v) is 3.11. The quantitative estimate of drug-likeness (QED) is 0.605. The highest BCUT2D eigenvalue weighted by Crippen LogP contribution is 2.18. The second-order valence-corrected chi connectivity index (χ2v) is 6.09. The zero-order valence-corrected chi connectivity index (χ0v) is 13.2. The lowest BCUT2D eigenvalue weighted by Gasteiger charge is -2.22. The van der Waals surface area contributed by atoms with E-state index in [0.29, 0.717) is 0 Å². The lowest BCUT2D eigenvalue weighted by Crippen LogP contribution is -2.36. The second-order valence-electron chi connectivity index (χ2n) is 6.09. The van der Waals surface area contributed by atoms with Gasteiger partial charge in [-0.2, -0.15) is 0 Å². The molecule has 0 aromatic carbocycles. The Morgan fingerprint density at radius 3 is 2.45 bits per heavy atom. The van der Waals surface area contributed by atoms with Crippen LogP contribution in [0, 0.1) is 0 Å². The van der Waals surface area contributed by atoms with Crippen LogP contribution < -0.4 is 5.32 Å². The molecule has 1 amide bonds. The fourth-order valence-electron chi connectivity index (χ4n) is 3.11. The molecule has 2 atom stereocenters. The SMILES string of the molecule is CCCCCCCCCN1CC(NC(C)=O)CC1CO. The summed E-state index contributed by atoms with van der Waals surface area (Å²) in [7, 11) is 0. The Morgan fingerprint density at radius 2 is 1.85 bits per heavy atom. The minimum atomic E-state index is 0.0319. The molecule has 2 N–H and O–H groups in total. The van der Waals surface area contributed by atoms with E-state index in [1.165, 1.54) is 44.9 Å². The van der Waals surface area contributed by atoms with Crippen LogP contribution in [0.15, 0.2) is 0 Å². The van der Waals surface area contributed by atoms with Crippen LogP contribution in [0.5, 0.6) is 0 Å². The predicted molar refractivity (Wildman–Crippen MR) is 82.7 cm³/mol. The van der Waals surface area contributed by atoms with Crippen molar-refractivity contribution in [2.24, 2.45) is 0 Å². The van der Waals surface area contributed by atoms with Crippen LogP contribution in [-0.4, -0.2) is 47.7 Å². The molecular weight excluding hydrogens is 252 g/mol.